The molecule has 1 saturated carbocycles. The molecule has 0 aliphatic heterocycles. The highest BCUT2D eigenvalue weighted by atomic mass is 16.1. The van der Waals surface area contributed by atoms with E-state index in [1.165, 1.54) is 0 Å². The fraction of sp³-hybridized carbons (Fsp3) is 0.588. The Morgan fingerprint density at radius 3 is 2.20 bits per heavy atom. The summed E-state index contributed by atoms with van der Waals surface area (Å²) in [6.45, 7) is 13.7. The quantitative estimate of drug-likeness (QED) is 0.831. The number of amides is 1. The maximum Gasteiger partial charge on any atom is 0.251 e. The van der Waals surface area contributed by atoms with Crippen LogP contribution in [0.3, 0.4) is 0 Å². The Hall–Kier alpha value is -1.51. The summed E-state index contributed by atoms with van der Waals surface area (Å²) in [6, 6.07) is 3.75. The standard InChI is InChI=1S/C17H26N2O/c1-10-7-11(2)13(18)8-12(10)15(20)19-9-14-16(3,4)17(14,5)6/h7-8,14H,9,18H2,1-6H3,(H,19,20). The highest BCUT2D eigenvalue weighted by molar-refractivity contribution is 5.96. The van der Waals surface area contributed by atoms with E-state index in [2.05, 4.69) is 33.0 Å². The molecule has 20 heavy (non-hydrogen) atoms. The number of rotatable bonds is 3. The molecule has 0 bridgehead atoms. The van der Waals surface area contributed by atoms with Gasteiger partial charge in [-0.2, -0.15) is 0 Å². The van der Waals surface area contributed by atoms with E-state index in [9.17, 15) is 4.79 Å². The fourth-order valence-electron chi connectivity index (χ4n) is 3.25. The fourth-order valence-corrected chi connectivity index (χ4v) is 3.25. The average molecular weight is 274 g/mol. The third-order valence-electron chi connectivity index (χ3n) is 5.64. The summed E-state index contributed by atoms with van der Waals surface area (Å²) in [5.74, 6) is 0.509. The van der Waals surface area contributed by atoms with Crippen LogP contribution in [0.1, 0.15) is 49.2 Å². The van der Waals surface area contributed by atoms with Gasteiger partial charge in [0, 0.05) is 17.8 Å². The predicted octanol–water partition coefficient (Wildman–Crippen LogP) is 3.30. The Morgan fingerprint density at radius 1 is 1.15 bits per heavy atom. The topological polar surface area (TPSA) is 55.1 Å². The highest BCUT2D eigenvalue weighted by Crippen LogP contribution is 2.67. The first-order valence-corrected chi connectivity index (χ1v) is 7.24. The van der Waals surface area contributed by atoms with Crippen LogP contribution in [0.2, 0.25) is 0 Å². The molecule has 0 heterocycles. The zero-order valence-electron chi connectivity index (χ0n) is 13.4. The van der Waals surface area contributed by atoms with E-state index in [-0.39, 0.29) is 5.91 Å². The normalized spacial score (nSPS) is 19.7. The van der Waals surface area contributed by atoms with Crippen molar-refractivity contribution in [3.63, 3.8) is 0 Å². The third kappa shape index (κ3) is 2.19. The van der Waals surface area contributed by atoms with E-state index in [1.54, 1.807) is 6.07 Å². The van der Waals surface area contributed by atoms with Gasteiger partial charge >= 0.3 is 0 Å². The molecule has 0 radical (unpaired) electrons. The zero-order chi connectivity index (χ0) is 15.3. The van der Waals surface area contributed by atoms with Crippen molar-refractivity contribution in [2.45, 2.75) is 41.5 Å². The van der Waals surface area contributed by atoms with Gasteiger partial charge < -0.3 is 11.1 Å². The van der Waals surface area contributed by atoms with Gasteiger partial charge in [-0.3, -0.25) is 4.79 Å². The zero-order valence-corrected chi connectivity index (χ0v) is 13.4. The summed E-state index contributed by atoms with van der Waals surface area (Å²) in [5.41, 5.74) is 9.84. The van der Waals surface area contributed by atoms with Crippen molar-refractivity contribution in [3.8, 4) is 0 Å². The van der Waals surface area contributed by atoms with Crippen molar-refractivity contribution in [1.82, 2.24) is 5.32 Å². The summed E-state index contributed by atoms with van der Waals surface area (Å²) >= 11 is 0. The van der Waals surface area contributed by atoms with Gasteiger partial charge in [0.05, 0.1) is 0 Å². The number of anilines is 1. The van der Waals surface area contributed by atoms with Crippen molar-refractivity contribution in [2.24, 2.45) is 16.7 Å². The van der Waals surface area contributed by atoms with Gasteiger partial charge in [0.15, 0.2) is 0 Å². The van der Waals surface area contributed by atoms with Gasteiger partial charge in [-0.1, -0.05) is 33.8 Å². The molecule has 3 nitrogen and oxygen atoms in total. The minimum Gasteiger partial charge on any atom is -0.398 e. The largest absolute Gasteiger partial charge is 0.398 e. The minimum atomic E-state index is -0.0206. The predicted molar refractivity (Wildman–Crippen MR) is 83.7 cm³/mol. The molecule has 0 unspecified atom stereocenters. The summed E-state index contributed by atoms with van der Waals surface area (Å²) in [7, 11) is 0. The van der Waals surface area contributed by atoms with Crippen molar-refractivity contribution in [1.29, 1.82) is 0 Å². The second-order valence-electron chi connectivity index (χ2n) is 7.23. The van der Waals surface area contributed by atoms with Gasteiger partial charge in [0.2, 0.25) is 0 Å². The average Bonchev–Trinajstić information content (AvgIpc) is 2.71. The Bertz CT molecular complexity index is 544. The maximum atomic E-state index is 12.3. The summed E-state index contributed by atoms with van der Waals surface area (Å²) in [5, 5.41) is 3.07. The smallest absolute Gasteiger partial charge is 0.251 e. The number of carbonyl (C=O) groups excluding carboxylic acids is 1. The van der Waals surface area contributed by atoms with Crippen LogP contribution in [-0.2, 0) is 0 Å². The molecule has 1 aromatic carbocycles. The Labute approximate surface area is 121 Å². The van der Waals surface area contributed by atoms with Crippen LogP contribution in [0, 0.1) is 30.6 Å². The van der Waals surface area contributed by atoms with E-state index >= 15 is 0 Å². The lowest BCUT2D eigenvalue weighted by atomic mass is 10.0. The Kier molecular flexibility index (Phi) is 3.35. The first kappa shape index (κ1) is 14.9. The maximum absolute atomic E-state index is 12.3. The summed E-state index contributed by atoms with van der Waals surface area (Å²) in [4.78, 5) is 12.3. The molecular formula is C17H26N2O. The van der Waals surface area contributed by atoms with Gasteiger partial charge in [0.1, 0.15) is 0 Å². The van der Waals surface area contributed by atoms with Gasteiger partial charge in [-0.05, 0) is 47.8 Å². The Morgan fingerprint density at radius 2 is 1.70 bits per heavy atom. The van der Waals surface area contributed by atoms with Crippen LogP contribution >= 0.6 is 0 Å². The van der Waals surface area contributed by atoms with Crippen molar-refractivity contribution in [3.05, 3.63) is 28.8 Å². The molecular weight excluding hydrogens is 248 g/mol. The first-order chi connectivity index (χ1) is 9.09. The Balaban J connectivity index is 2.06. The summed E-state index contributed by atoms with van der Waals surface area (Å²) in [6.07, 6.45) is 0. The van der Waals surface area contributed by atoms with Gasteiger partial charge in [-0.25, -0.2) is 0 Å². The molecule has 0 saturated heterocycles. The van der Waals surface area contributed by atoms with E-state index in [0.29, 0.717) is 28.0 Å². The van der Waals surface area contributed by atoms with Crippen LogP contribution < -0.4 is 11.1 Å². The second kappa shape index (κ2) is 4.51. The van der Waals surface area contributed by atoms with Crippen LogP contribution in [0.25, 0.3) is 0 Å². The number of hydrogen-bond acceptors (Lipinski definition) is 2. The lowest BCUT2D eigenvalue weighted by molar-refractivity contribution is 0.0949. The molecule has 0 aromatic heterocycles. The highest BCUT2D eigenvalue weighted by Gasteiger charge is 2.64. The number of nitrogen functional groups attached to an aromatic ring is 1. The second-order valence-corrected chi connectivity index (χ2v) is 7.23. The number of carbonyl (C=O) groups is 1. The molecule has 1 amide bonds. The van der Waals surface area contributed by atoms with Crippen LogP contribution in [0.15, 0.2) is 12.1 Å². The first-order valence-electron chi connectivity index (χ1n) is 7.24. The molecule has 0 spiro atoms. The lowest BCUT2D eigenvalue weighted by Gasteiger charge is -2.11. The molecule has 3 N–H and O–H groups in total. The third-order valence-corrected chi connectivity index (χ3v) is 5.64. The molecule has 0 atom stereocenters. The SMILES string of the molecule is Cc1cc(C)c(C(=O)NCC2C(C)(C)C2(C)C)cc1N. The van der Waals surface area contributed by atoms with E-state index in [4.69, 9.17) is 5.73 Å². The number of nitrogens with one attached hydrogen (secondary N) is 1. The monoisotopic (exact) mass is 274 g/mol. The number of benzene rings is 1. The van der Waals surface area contributed by atoms with Crippen LogP contribution in [0.5, 0.6) is 0 Å². The number of nitrogens with two attached hydrogens (primary N) is 1. The molecule has 3 heteroatoms. The molecule has 1 fully saturated rings. The van der Waals surface area contributed by atoms with Crippen molar-refractivity contribution < 1.29 is 4.79 Å². The van der Waals surface area contributed by atoms with E-state index in [0.717, 1.165) is 17.7 Å². The van der Waals surface area contributed by atoms with Crippen LogP contribution in [-0.4, -0.2) is 12.5 Å². The van der Waals surface area contributed by atoms with E-state index < -0.39 is 0 Å². The molecule has 2 rings (SSSR count). The lowest BCUT2D eigenvalue weighted by Crippen LogP contribution is -2.28. The van der Waals surface area contributed by atoms with Crippen molar-refractivity contribution in [2.75, 3.05) is 12.3 Å². The number of aryl methyl sites for hydroxylation is 2. The van der Waals surface area contributed by atoms with Gasteiger partial charge in [-0.15, -0.1) is 0 Å². The van der Waals surface area contributed by atoms with E-state index in [1.807, 2.05) is 19.9 Å². The minimum absolute atomic E-state index is 0.0206. The molecule has 110 valence electrons. The number of hydrogen-bond donors (Lipinski definition) is 2. The van der Waals surface area contributed by atoms with Gasteiger partial charge in [0.25, 0.3) is 5.91 Å². The van der Waals surface area contributed by atoms with Crippen LogP contribution in [0.4, 0.5) is 5.69 Å². The summed E-state index contributed by atoms with van der Waals surface area (Å²) < 4.78 is 0. The molecule has 1 aromatic rings. The van der Waals surface area contributed by atoms with Crippen molar-refractivity contribution >= 4 is 11.6 Å². The molecule has 1 aliphatic rings. The molecule has 1 aliphatic carbocycles.